The Hall–Kier alpha value is -4.01. The maximum atomic E-state index is 13.3. The van der Waals surface area contributed by atoms with Crippen LogP contribution < -0.4 is 11.1 Å². The summed E-state index contributed by atoms with van der Waals surface area (Å²) in [6, 6.07) is 7.88. The number of carbonyl (C=O) groups excluding carboxylic acids is 2. The number of carbonyl (C=O) groups is 2. The quantitative estimate of drug-likeness (QED) is 0.420. The molecule has 3 aromatic heterocycles. The second kappa shape index (κ2) is 7.92. The SMILES string of the molecule is CC1CCC(c2ccc3cnccc3c2)N(C(=O)C(=O)Nc2cnc(N)c3cn[nH]c23)C1. The van der Waals surface area contributed by atoms with Crippen molar-refractivity contribution in [2.45, 2.75) is 25.8 Å². The fourth-order valence-corrected chi connectivity index (χ4v) is 4.39. The highest BCUT2D eigenvalue weighted by Gasteiger charge is 2.34. The summed E-state index contributed by atoms with van der Waals surface area (Å²) in [5.74, 6) is -0.669. The monoisotopic (exact) mass is 429 g/mol. The van der Waals surface area contributed by atoms with Crippen LogP contribution in [0.5, 0.6) is 0 Å². The van der Waals surface area contributed by atoms with Crippen molar-refractivity contribution in [1.29, 1.82) is 0 Å². The number of nitrogen functional groups attached to an aromatic ring is 1. The summed E-state index contributed by atoms with van der Waals surface area (Å²) in [7, 11) is 0. The highest BCUT2D eigenvalue weighted by molar-refractivity contribution is 6.40. The lowest BCUT2D eigenvalue weighted by molar-refractivity contribution is -0.146. The smallest absolute Gasteiger partial charge is 0.314 e. The zero-order valence-electron chi connectivity index (χ0n) is 17.6. The van der Waals surface area contributed by atoms with Gasteiger partial charge >= 0.3 is 11.8 Å². The summed E-state index contributed by atoms with van der Waals surface area (Å²) in [6.45, 7) is 2.61. The van der Waals surface area contributed by atoms with Crippen LogP contribution in [0.25, 0.3) is 21.7 Å². The Morgan fingerprint density at radius 2 is 2.03 bits per heavy atom. The lowest BCUT2D eigenvalue weighted by Crippen LogP contribution is -2.46. The van der Waals surface area contributed by atoms with Crippen molar-refractivity contribution >= 4 is 45.0 Å². The normalized spacial score (nSPS) is 18.7. The Balaban J connectivity index is 1.43. The third-order valence-electron chi connectivity index (χ3n) is 6.09. The molecule has 4 N–H and O–H groups in total. The number of nitrogens with zero attached hydrogens (tertiary/aromatic N) is 4. The van der Waals surface area contributed by atoms with Crippen LogP contribution in [0.4, 0.5) is 11.5 Å². The Morgan fingerprint density at radius 1 is 1.16 bits per heavy atom. The van der Waals surface area contributed by atoms with Crippen LogP contribution in [0.3, 0.4) is 0 Å². The predicted molar refractivity (Wildman–Crippen MR) is 122 cm³/mol. The lowest BCUT2D eigenvalue weighted by Gasteiger charge is -2.38. The lowest BCUT2D eigenvalue weighted by atomic mass is 9.89. The molecule has 162 valence electrons. The van der Waals surface area contributed by atoms with Crippen molar-refractivity contribution in [3.63, 3.8) is 0 Å². The van der Waals surface area contributed by atoms with Crippen LogP contribution in [0.1, 0.15) is 31.4 Å². The average molecular weight is 429 g/mol. The summed E-state index contributed by atoms with van der Waals surface area (Å²) in [6.07, 6.45) is 8.31. The van der Waals surface area contributed by atoms with Crippen molar-refractivity contribution in [2.24, 2.45) is 5.92 Å². The minimum absolute atomic E-state index is 0.168. The van der Waals surface area contributed by atoms with E-state index in [-0.39, 0.29) is 6.04 Å². The van der Waals surface area contributed by atoms with Gasteiger partial charge in [0.25, 0.3) is 0 Å². The molecule has 32 heavy (non-hydrogen) atoms. The number of piperidine rings is 1. The predicted octanol–water partition coefficient (Wildman–Crippen LogP) is 3.03. The molecule has 4 heterocycles. The standard InChI is InChI=1S/C23H23N7O2/c1-13-2-5-19(15-3-4-16-9-25-7-6-14(16)8-15)30(12-13)23(32)22(31)28-18-11-26-21(24)17-10-27-29-20(17)18/h3-4,6-11,13,19H,2,5,12H2,1H3,(H2,24,26)(H,27,29)(H,28,31). The van der Waals surface area contributed by atoms with Crippen LogP contribution >= 0.6 is 0 Å². The molecule has 2 amide bonds. The molecule has 0 saturated carbocycles. The van der Waals surface area contributed by atoms with E-state index < -0.39 is 11.8 Å². The van der Waals surface area contributed by atoms with E-state index in [2.05, 4.69) is 38.5 Å². The Morgan fingerprint density at radius 3 is 2.91 bits per heavy atom. The fourth-order valence-electron chi connectivity index (χ4n) is 4.39. The van der Waals surface area contributed by atoms with Gasteiger partial charge < -0.3 is 16.0 Å². The van der Waals surface area contributed by atoms with Gasteiger partial charge in [-0.15, -0.1) is 0 Å². The molecular weight excluding hydrogens is 406 g/mol. The van der Waals surface area contributed by atoms with Crippen molar-refractivity contribution in [1.82, 2.24) is 25.1 Å². The van der Waals surface area contributed by atoms with Crippen LogP contribution in [0.2, 0.25) is 0 Å². The van der Waals surface area contributed by atoms with Gasteiger partial charge in [0, 0.05) is 24.3 Å². The number of fused-ring (bicyclic) bond motifs is 2. The van der Waals surface area contributed by atoms with Gasteiger partial charge in [-0.1, -0.05) is 19.1 Å². The van der Waals surface area contributed by atoms with Crippen LogP contribution in [0.15, 0.2) is 49.1 Å². The number of nitrogens with two attached hydrogens (primary N) is 1. The van der Waals surface area contributed by atoms with Gasteiger partial charge in [0.15, 0.2) is 0 Å². The molecule has 1 saturated heterocycles. The van der Waals surface area contributed by atoms with E-state index in [1.165, 1.54) is 12.4 Å². The number of nitrogens with one attached hydrogen (secondary N) is 2. The number of pyridine rings is 2. The summed E-state index contributed by atoms with van der Waals surface area (Å²) in [5.41, 5.74) is 7.77. The number of rotatable bonds is 2. The number of aromatic nitrogens is 4. The molecule has 9 heteroatoms. The third-order valence-corrected chi connectivity index (χ3v) is 6.09. The minimum atomic E-state index is -0.712. The average Bonchev–Trinajstić information content (AvgIpc) is 3.31. The number of hydrogen-bond acceptors (Lipinski definition) is 6. The second-order valence-corrected chi connectivity index (χ2v) is 8.31. The number of anilines is 2. The van der Waals surface area contributed by atoms with Crippen molar-refractivity contribution in [3.8, 4) is 0 Å². The first-order valence-corrected chi connectivity index (χ1v) is 10.5. The molecule has 1 fully saturated rings. The first kappa shape index (κ1) is 19.9. The van der Waals surface area contributed by atoms with Gasteiger partial charge in [-0.2, -0.15) is 5.10 Å². The second-order valence-electron chi connectivity index (χ2n) is 8.31. The minimum Gasteiger partial charge on any atom is -0.383 e. The molecule has 9 nitrogen and oxygen atoms in total. The molecular formula is C23H23N7O2. The van der Waals surface area contributed by atoms with Crippen molar-refractivity contribution in [3.05, 3.63) is 54.6 Å². The van der Waals surface area contributed by atoms with Gasteiger partial charge in [0.1, 0.15) is 5.82 Å². The van der Waals surface area contributed by atoms with E-state index in [1.807, 2.05) is 24.4 Å². The van der Waals surface area contributed by atoms with Crippen LogP contribution in [0, 0.1) is 5.92 Å². The first-order chi connectivity index (χ1) is 15.5. The molecule has 2 unspecified atom stereocenters. The molecule has 0 spiro atoms. The summed E-state index contributed by atoms with van der Waals surface area (Å²) in [5, 5.41) is 12.1. The van der Waals surface area contributed by atoms with E-state index in [9.17, 15) is 9.59 Å². The molecule has 1 aliphatic heterocycles. The van der Waals surface area contributed by atoms with E-state index in [4.69, 9.17) is 5.73 Å². The molecule has 0 radical (unpaired) electrons. The molecule has 1 aromatic carbocycles. The Labute approximate surface area is 184 Å². The molecule has 1 aliphatic rings. The zero-order chi connectivity index (χ0) is 22.2. The third kappa shape index (κ3) is 3.51. The summed E-state index contributed by atoms with van der Waals surface area (Å²) < 4.78 is 0. The summed E-state index contributed by atoms with van der Waals surface area (Å²) >= 11 is 0. The number of aromatic amines is 1. The van der Waals surface area contributed by atoms with Gasteiger partial charge in [0.05, 0.1) is 35.0 Å². The first-order valence-electron chi connectivity index (χ1n) is 10.5. The molecule has 2 atom stereocenters. The molecule has 0 aliphatic carbocycles. The number of H-pyrrole nitrogens is 1. The number of benzene rings is 1. The Bertz CT molecular complexity index is 1330. The highest BCUT2D eigenvalue weighted by atomic mass is 16.2. The largest absolute Gasteiger partial charge is 0.383 e. The van der Waals surface area contributed by atoms with Gasteiger partial charge in [-0.25, -0.2) is 4.98 Å². The van der Waals surface area contributed by atoms with Crippen LogP contribution in [-0.2, 0) is 9.59 Å². The van der Waals surface area contributed by atoms with Crippen molar-refractivity contribution in [2.75, 3.05) is 17.6 Å². The number of likely N-dealkylation sites (tertiary alicyclic amines) is 1. The van der Waals surface area contributed by atoms with E-state index in [0.717, 1.165) is 29.2 Å². The zero-order valence-corrected chi connectivity index (χ0v) is 17.6. The summed E-state index contributed by atoms with van der Waals surface area (Å²) in [4.78, 5) is 36.1. The fraction of sp³-hybridized carbons (Fsp3) is 0.261. The van der Waals surface area contributed by atoms with Gasteiger partial charge in [-0.3, -0.25) is 19.7 Å². The van der Waals surface area contributed by atoms with Gasteiger partial charge in [0.2, 0.25) is 0 Å². The van der Waals surface area contributed by atoms with E-state index >= 15 is 0 Å². The van der Waals surface area contributed by atoms with E-state index in [0.29, 0.717) is 34.9 Å². The highest BCUT2D eigenvalue weighted by Crippen LogP contribution is 2.35. The molecule has 4 aromatic rings. The number of amides is 2. The maximum Gasteiger partial charge on any atom is 0.314 e. The van der Waals surface area contributed by atoms with Gasteiger partial charge in [-0.05, 0) is 41.8 Å². The maximum absolute atomic E-state index is 13.3. The Kier molecular flexibility index (Phi) is 4.93. The van der Waals surface area contributed by atoms with E-state index in [1.54, 1.807) is 11.1 Å². The molecule has 0 bridgehead atoms. The van der Waals surface area contributed by atoms with Crippen LogP contribution in [-0.4, -0.2) is 43.4 Å². The molecule has 5 rings (SSSR count). The topological polar surface area (TPSA) is 130 Å². The van der Waals surface area contributed by atoms with Crippen molar-refractivity contribution < 1.29 is 9.59 Å². The number of hydrogen-bond donors (Lipinski definition) is 3.